The van der Waals surface area contributed by atoms with Crippen LogP contribution in [-0.2, 0) is 27.9 Å². The van der Waals surface area contributed by atoms with Gasteiger partial charge in [0.25, 0.3) is 5.56 Å². The Bertz CT molecular complexity index is 1180. The molecule has 8 heteroatoms. The van der Waals surface area contributed by atoms with Crippen LogP contribution in [0.15, 0.2) is 35.3 Å². The lowest BCUT2D eigenvalue weighted by atomic mass is 9.95. The maximum atomic E-state index is 12.3. The topological polar surface area (TPSA) is 98.8 Å². The van der Waals surface area contributed by atoms with Gasteiger partial charge in [0.05, 0.1) is 24.6 Å². The highest BCUT2D eigenvalue weighted by atomic mass is 16.6. The Balaban J connectivity index is 0.000000296. The summed E-state index contributed by atoms with van der Waals surface area (Å²) < 4.78 is 11.9. The van der Waals surface area contributed by atoms with Crippen molar-refractivity contribution in [3.05, 3.63) is 57.5 Å². The third kappa shape index (κ3) is 8.58. The summed E-state index contributed by atoms with van der Waals surface area (Å²) in [6.45, 7) is 9.04. The molecule has 1 saturated heterocycles. The number of aromatic nitrogens is 1. The Kier molecular flexibility index (Phi) is 11.3. The first-order chi connectivity index (χ1) is 19.8. The minimum absolute atomic E-state index is 0.0223. The summed E-state index contributed by atoms with van der Waals surface area (Å²) in [4.78, 5) is 25.7. The number of benzene rings is 1. The molecule has 2 fully saturated rings. The number of ether oxygens (including phenoxy) is 2. The van der Waals surface area contributed by atoms with Crippen molar-refractivity contribution in [3.63, 3.8) is 0 Å². The van der Waals surface area contributed by atoms with Crippen molar-refractivity contribution in [2.75, 3.05) is 30.0 Å². The zero-order valence-electron chi connectivity index (χ0n) is 25.5. The standard InChI is InChI=1S/C25H36N4O.C8H14O3/c1-4-5-19(9-8-18-6-7-18)15-29-23-13-20(14-26)10-11-22(23)27-24(29)21-12-17(2)25(30)28(3)16-21;1-2-3-8(9)11-7-4-5-10-6-7/h10-13,16,18-19,24,27H,4-9,14-15,26H2,1-3H3;7H,2-6H2,1H3/t;7-/m.0/s1. The molecular weight excluding hydrogens is 516 g/mol. The number of nitrogens with one attached hydrogen (secondary N) is 1. The van der Waals surface area contributed by atoms with Gasteiger partial charge in [-0.3, -0.25) is 9.59 Å². The van der Waals surface area contributed by atoms with Gasteiger partial charge >= 0.3 is 5.97 Å². The predicted octanol–water partition coefficient (Wildman–Crippen LogP) is 5.81. The number of nitrogens with two attached hydrogens (primary N) is 1. The lowest BCUT2D eigenvalue weighted by Gasteiger charge is -2.31. The number of esters is 1. The molecular formula is C33H50N4O4. The molecule has 1 saturated carbocycles. The summed E-state index contributed by atoms with van der Waals surface area (Å²) in [6, 6.07) is 8.54. The number of carbonyl (C=O) groups excluding carboxylic acids is 1. The lowest BCUT2D eigenvalue weighted by molar-refractivity contribution is -0.149. The molecule has 2 aromatic rings. The van der Waals surface area contributed by atoms with Gasteiger partial charge in [0.15, 0.2) is 0 Å². The molecule has 0 amide bonds. The highest BCUT2D eigenvalue weighted by Gasteiger charge is 2.33. The molecule has 3 N–H and O–H groups in total. The largest absolute Gasteiger partial charge is 0.460 e. The number of nitrogens with zero attached hydrogens (tertiary/aromatic N) is 2. The number of hydrogen-bond acceptors (Lipinski definition) is 7. The van der Waals surface area contributed by atoms with Gasteiger partial charge in [0, 0.05) is 50.3 Å². The fourth-order valence-corrected chi connectivity index (χ4v) is 5.90. The van der Waals surface area contributed by atoms with Crippen LogP contribution >= 0.6 is 0 Å². The van der Waals surface area contributed by atoms with Crippen LogP contribution in [0.4, 0.5) is 11.4 Å². The first-order valence-corrected chi connectivity index (χ1v) is 15.6. The summed E-state index contributed by atoms with van der Waals surface area (Å²) in [5.41, 5.74) is 11.5. The maximum absolute atomic E-state index is 12.3. The number of fused-ring (bicyclic) bond motifs is 1. The third-order valence-electron chi connectivity index (χ3n) is 8.38. The van der Waals surface area contributed by atoms with Crippen molar-refractivity contribution < 1.29 is 14.3 Å². The number of rotatable bonds is 12. The molecule has 1 aromatic carbocycles. The van der Waals surface area contributed by atoms with Crippen LogP contribution in [0.3, 0.4) is 0 Å². The predicted molar refractivity (Wildman–Crippen MR) is 165 cm³/mol. The fraction of sp³-hybridized carbons (Fsp3) is 0.636. The van der Waals surface area contributed by atoms with Gasteiger partial charge in [-0.2, -0.15) is 0 Å². The summed E-state index contributed by atoms with van der Waals surface area (Å²) in [5, 5.41) is 3.72. The van der Waals surface area contributed by atoms with Crippen LogP contribution in [0.1, 0.15) is 94.5 Å². The molecule has 3 atom stereocenters. The minimum Gasteiger partial charge on any atom is -0.460 e. The molecule has 5 rings (SSSR count). The normalized spacial score (nSPS) is 20.2. The summed E-state index contributed by atoms with van der Waals surface area (Å²) >= 11 is 0. The molecule has 41 heavy (non-hydrogen) atoms. The van der Waals surface area contributed by atoms with Crippen LogP contribution in [0, 0.1) is 18.8 Å². The van der Waals surface area contributed by atoms with Gasteiger partial charge in [0.1, 0.15) is 12.3 Å². The Labute approximate surface area is 245 Å². The number of hydrogen-bond donors (Lipinski definition) is 2. The van der Waals surface area contributed by atoms with Gasteiger partial charge in [0.2, 0.25) is 0 Å². The highest BCUT2D eigenvalue weighted by molar-refractivity contribution is 5.77. The van der Waals surface area contributed by atoms with E-state index in [4.69, 9.17) is 15.2 Å². The summed E-state index contributed by atoms with van der Waals surface area (Å²) in [5.74, 6) is 1.56. The fourth-order valence-electron chi connectivity index (χ4n) is 5.90. The second kappa shape index (κ2) is 14.9. The van der Waals surface area contributed by atoms with E-state index in [0.717, 1.165) is 54.3 Å². The van der Waals surface area contributed by atoms with Gasteiger partial charge in [-0.05, 0) is 61.8 Å². The second-order valence-corrected chi connectivity index (χ2v) is 12.0. The van der Waals surface area contributed by atoms with Crippen molar-refractivity contribution in [1.29, 1.82) is 0 Å². The minimum atomic E-state index is -0.0944. The van der Waals surface area contributed by atoms with Gasteiger partial charge in [-0.15, -0.1) is 0 Å². The van der Waals surface area contributed by atoms with E-state index in [1.807, 2.05) is 33.2 Å². The molecule has 0 radical (unpaired) electrons. The smallest absolute Gasteiger partial charge is 0.306 e. The first-order valence-electron chi connectivity index (χ1n) is 15.6. The molecule has 0 bridgehead atoms. The van der Waals surface area contributed by atoms with E-state index in [2.05, 4.69) is 35.3 Å². The molecule has 0 spiro atoms. The van der Waals surface area contributed by atoms with E-state index < -0.39 is 0 Å². The average Bonchev–Trinajstić information content (AvgIpc) is 3.53. The number of carbonyl (C=O) groups is 1. The highest BCUT2D eigenvalue weighted by Crippen LogP contribution is 2.43. The molecule has 1 aliphatic carbocycles. The van der Waals surface area contributed by atoms with Crippen molar-refractivity contribution in [2.24, 2.45) is 24.6 Å². The van der Waals surface area contributed by atoms with E-state index in [-0.39, 0.29) is 23.8 Å². The Morgan fingerprint density at radius 1 is 1.17 bits per heavy atom. The van der Waals surface area contributed by atoms with E-state index in [1.165, 1.54) is 44.2 Å². The van der Waals surface area contributed by atoms with E-state index in [9.17, 15) is 9.59 Å². The number of anilines is 2. The van der Waals surface area contributed by atoms with Gasteiger partial charge in [-0.1, -0.05) is 45.6 Å². The molecule has 2 aliphatic heterocycles. The van der Waals surface area contributed by atoms with E-state index in [0.29, 0.717) is 25.5 Å². The van der Waals surface area contributed by atoms with Gasteiger partial charge < -0.3 is 30.0 Å². The molecule has 2 unspecified atom stereocenters. The molecule has 226 valence electrons. The zero-order chi connectivity index (χ0) is 29.4. The van der Waals surface area contributed by atoms with Crippen molar-refractivity contribution in [1.82, 2.24) is 4.57 Å². The first kappa shape index (κ1) is 31.1. The Morgan fingerprint density at radius 3 is 2.61 bits per heavy atom. The third-order valence-corrected chi connectivity index (χ3v) is 8.38. The molecule has 1 aromatic heterocycles. The van der Waals surface area contributed by atoms with Gasteiger partial charge in [-0.25, -0.2) is 0 Å². The average molecular weight is 567 g/mol. The monoisotopic (exact) mass is 566 g/mol. The van der Waals surface area contributed by atoms with Crippen LogP contribution in [0.5, 0.6) is 0 Å². The quantitative estimate of drug-likeness (QED) is 0.313. The molecule has 8 nitrogen and oxygen atoms in total. The van der Waals surface area contributed by atoms with E-state index >= 15 is 0 Å². The maximum Gasteiger partial charge on any atom is 0.306 e. The lowest BCUT2D eigenvalue weighted by Crippen LogP contribution is -2.34. The molecule has 3 heterocycles. The number of aryl methyl sites for hydroxylation is 2. The molecule has 3 aliphatic rings. The second-order valence-electron chi connectivity index (χ2n) is 12.0. The zero-order valence-corrected chi connectivity index (χ0v) is 25.5. The Morgan fingerprint density at radius 2 is 1.98 bits per heavy atom. The van der Waals surface area contributed by atoms with Crippen molar-refractivity contribution in [3.8, 4) is 0 Å². The van der Waals surface area contributed by atoms with Crippen LogP contribution in [-0.4, -0.2) is 36.4 Å². The van der Waals surface area contributed by atoms with Crippen molar-refractivity contribution >= 4 is 17.3 Å². The van der Waals surface area contributed by atoms with Crippen LogP contribution in [0.25, 0.3) is 0 Å². The van der Waals surface area contributed by atoms with E-state index in [1.54, 1.807) is 4.57 Å². The number of pyridine rings is 1. The Hall–Kier alpha value is -2.84. The summed E-state index contributed by atoms with van der Waals surface area (Å²) in [7, 11) is 1.84. The summed E-state index contributed by atoms with van der Waals surface area (Å²) in [6.07, 6.45) is 12.3. The van der Waals surface area contributed by atoms with Crippen molar-refractivity contribution in [2.45, 2.75) is 97.4 Å². The van der Waals surface area contributed by atoms with Crippen LogP contribution < -0.4 is 21.5 Å². The van der Waals surface area contributed by atoms with Crippen LogP contribution in [0.2, 0.25) is 0 Å². The SMILES string of the molecule is CCCC(=O)O[C@H]1CCOC1.CCCC(CCC1CC1)CN1c2cc(CN)ccc2NC1c1cc(C)c(=O)n(C)c1.